The Morgan fingerprint density at radius 2 is 1.67 bits per heavy atom. The molecule has 0 aliphatic carbocycles. The first-order valence-corrected chi connectivity index (χ1v) is 10.6. The van der Waals surface area contributed by atoms with Crippen LogP contribution in [0, 0.1) is 6.92 Å². The standard InChI is InChI=1S/C22H27N3OS/c1-18-11-13-20(14-12-18)23-21(26)17-27-22(24-19-9-5-4-6-10-19)25-15-7-2-3-8-16-25/h4-6,9-14H,2-3,7-8,15-17H2,1H3,(H,23,26). The van der Waals surface area contributed by atoms with E-state index in [1.54, 1.807) is 0 Å². The van der Waals surface area contributed by atoms with Crippen molar-refractivity contribution in [2.45, 2.75) is 32.6 Å². The van der Waals surface area contributed by atoms with Crippen LogP contribution in [-0.4, -0.2) is 34.8 Å². The van der Waals surface area contributed by atoms with Gasteiger partial charge in [-0.2, -0.15) is 0 Å². The predicted octanol–water partition coefficient (Wildman–Crippen LogP) is 5.23. The molecule has 1 amide bonds. The molecule has 0 spiro atoms. The lowest BCUT2D eigenvalue weighted by atomic mass is 10.2. The summed E-state index contributed by atoms with van der Waals surface area (Å²) in [5, 5.41) is 3.92. The zero-order valence-corrected chi connectivity index (χ0v) is 16.7. The molecule has 1 fully saturated rings. The van der Waals surface area contributed by atoms with Gasteiger partial charge >= 0.3 is 0 Å². The number of hydrogen-bond donors (Lipinski definition) is 1. The van der Waals surface area contributed by atoms with Gasteiger partial charge in [-0.05, 0) is 44.0 Å². The molecule has 0 saturated carbocycles. The van der Waals surface area contributed by atoms with E-state index in [9.17, 15) is 4.79 Å². The molecule has 5 heteroatoms. The first kappa shape index (κ1) is 19.5. The summed E-state index contributed by atoms with van der Waals surface area (Å²) in [5.41, 5.74) is 2.95. The molecule has 2 aromatic carbocycles. The summed E-state index contributed by atoms with van der Waals surface area (Å²) in [7, 11) is 0. The van der Waals surface area contributed by atoms with Crippen molar-refractivity contribution in [3.8, 4) is 0 Å². The number of likely N-dealkylation sites (tertiary alicyclic amines) is 1. The normalized spacial score (nSPS) is 15.3. The van der Waals surface area contributed by atoms with Crippen LogP contribution in [0.3, 0.4) is 0 Å². The van der Waals surface area contributed by atoms with Gasteiger partial charge in [0, 0.05) is 18.8 Å². The SMILES string of the molecule is Cc1ccc(NC(=O)CSC(=Nc2ccccc2)N2CCCCCC2)cc1. The zero-order chi connectivity index (χ0) is 18.9. The van der Waals surface area contributed by atoms with Crippen LogP contribution < -0.4 is 5.32 Å². The fourth-order valence-electron chi connectivity index (χ4n) is 3.03. The number of benzene rings is 2. The Balaban J connectivity index is 1.66. The van der Waals surface area contributed by atoms with Gasteiger partial charge in [0.15, 0.2) is 5.17 Å². The number of anilines is 1. The van der Waals surface area contributed by atoms with E-state index in [0.717, 1.165) is 29.6 Å². The number of aryl methyl sites for hydroxylation is 1. The molecule has 1 saturated heterocycles. The van der Waals surface area contributed by atoms with Gasteiger partial charge in [0.1, 0.15) is 0 Å². The summed E-state index contributed by atoms with van der Waals surface area (Å²) in [4.78, 5) is 19.6. The molecule has 4 nitrogen and oxygen atoms in total. The number of amides is 1. The largest absolute Gasteiger partial charge is 0.351 e. The highest BCUT2D eigenvalue weighted by Gasteiger charge is 2.16. The zero-order valence-electron chi connectivity index (χ0n) is 15.9. The number of rotatable bonds is 4. The first-order valence-electron chi connectivity index (χ1n) is 9.59. The third-order valence-corrected chi connectivity index (χ3v) is 5.54. The van der Waals surface area contributed by atoms with E-state index in [1.807, 2.05) is 61.5 Å². The van der Waals surface area contributed by atoms with E-state index in [1.165, 1.54) is 43.0 Å². The lowest BCUT2D eigenvalue weighted by molar-refractivity contribution is -0.113. The predicted molar refractivity (Wildman–Crippen MR) is 116 cm³/mol. The van der Waals surface area contributed by atoms with Crippen molar-refractivity contribution < 1.29 is 4.79 Å². The van der Waals surface area contributed by atoms with Crippen LogP contribution in [0.1, 0.15) is 31.2 Å². The lowest BCUT2D eigenvalue weighted by Gasteiger charge is -2.23. The van der Waals surface area contributed by atoms with Gasteiger partial charge in [0.25, 0.3) is 0 Å². The van der Waals surface area contributed by atoms with Gasteiger partial charge in [-0.1, -0.05) is 60.5 Å². The van der Waals surface area contributed by atoms with E-state index in [2.05, 4.69) is 10.2 Å². The van der Waals surface area contributed by atoms with Crippen LogP contribution in [0.25, 0.3) is 0 Å². The first-order chi connectivity index (χ1) is 13.2. The maximum atomic E-state index is 12.4. The van der Waals surface area contributed by atoms with Crippen LogP contribution in [0.4, 0.5) is 11.4 Å². The second-order valence-corrected chi connectivity index (χ2v) is 7.78. The number of thioether (sulfide) groups is 1. The van der Waals surface area contributed by atoms with Crippen LogP contribution >= 0.6 is 11.8 Å². The molecule has 27 heavy (non-hydrogen) atoms. The van der Waals surface area contributed by atoms with Crippen LogP contribution in [-0.2, 0) is 4.79 Å². The molecule has 0 unspecified atom stereocenters. The minimum Gasteiger partial charge on any atom is -0.351 e. The third-order valence-electron chi connectivity index (χ3n) is 4.53. The number of carbonyl (C=O) groups excluding carboxylic acids is 1. The maximum absolute atomic E-state index is 12.4. The summed E-state index contributed by atoms with van der Waals surface area (Å²) in [6.45, 7) is 4.06. The van der Waals surface area contributed by atoms with Gasteiger partial charge in [0.05, 0.1) is 11.4 Å². The van der Waals surface area contributed by atoms with E-state index < -0.39 is 0 Å². The molecule has 1 aliphatic rings. The number of para-hydroxylation sites is 1. The van der Waals surface area contributed by atoms with Gasteiger partial charge in [0.2, 0.25) is 5.91 Å². The van der Waals surface area contributed by atoms with Gasteiger partial charge < -0.3 is 10.2 Å². The van der Waals surface area contributed by atoms with Crippen LogP contribution in [0.15, 0.2) is 59.6 Å². The van der Waals surface area contributed by atoms with E-state index in [0.29, 0.717) is 5.75 Å². The molecule has 0 radical (unpaired) electrons. The topological polar surface area (TPSA) is 44.7 Å². The summed E-state index contributed by atoms with van der Waals surface area (Å²) in [6.07, 6.45) is 4.91. The Morgan fingerprint density at radius 1 is 1.00 bits per heavy atom. The Labute approximate surface area is 166 Å². The van der Waals surface area contributed by atoms with Crippen molar-refractivity contribution in [2.75, 3.05) is 24.2 Å². The Hall–Kier alpha value is -2.27. The summed E-state index contributed by atoms with van der Waals surface area (Å²) < 4.78 is 0. The molecular weight excluding hydrogens is 354 g/mol. The Kier molecular flexibility index (Phi) is 7.34. The molecule has 3 rings (SSSR count). The fourth-order valence-corrected chi connectivity index (χ4v) is 3.90. The number of hydrogen-bond acceptors (Lipinski definition) is 3. The van der Waals surface area contributed by atoms with E-state index in [-0.39, 0.29) is 5.91 Å². The second-order valence-electron chi connectivity index (χ2n) is 6.83. The second kappa shape index (κ2) is 10.2. The van der Waals surface area contributed by atoms with Gasteiger partial charge in [-0.15, -0.1) is 0 Å². The molecule has 0 bridgehead atoms. The molecular formula is C22H27N3OS. The minimum atomic E-state index is -0.000522. The summed E-state index contributed by atoms with van der Waals surface area (Å²) >= 11 is 1.53. The number of amidine groups is 1. The van der Waals surface area contributed by atoms with Crippen LogP contribution in [0.5, 0.6) is 0 Å². The highest BCUT2D eigenvalue weighted by molar-refractivity contribution is 8.14. The average molecular weight is 382 g/mol. The smallest absolute Gasteiger partial charge is 0.234 e. The van der Waals surface area contributed by atoms with Crippen molar-refractivity contribution in [2.24, 2.45) is 4.99 Å². The summed E-state index contributed by atoms with van der Waals surface area (Å²) in [5.74, 6) is 0.357. The highest BCUT2D eigenvalue weighted by Crippen LogP contribution is 2.21. The lowest BCUT2D eigenvalue weighted by Crippen LogP contribution is -2.31. The number of nitrogens with one attached hydrogen (secondary N) is 1. The van der Waals surface area contributed by atoms with Crippen LogP contribution in [0.2, 0.25) is 0 Å². The molecule has 0 aromatic heterocycles. The maximum Gasteiger partial charge on any atom is 0.234 e. The number of aliphatic imine (C=N–C) groups is 1. The Morgan fingerprint density at radius 3 is 2.33 bits per heavy atom. The van der Waals surface area contributed by atoms with Crippen molar-refractivity contribution in [1.82, 2.24) is 4.90 Å². The summed E-state index contributed by atoms with van der Waals surface area (Å²) in [6, 6.07) is 17.9. The molecule has 1 heterocycles. The number of carbonyl (C=O) groups is 1. The van der Waals surface area contributed by atoms with Crippen molar-refractivity contribution in [3.63, 3.8) is 0 Å². The quantitative estimate of drug-likeness (QED) is 0.582. The monoisotopic (exact) mass is 381 g/mol. The number of nitrogens with zero attached hydrogens (tertiary/aromatic N) is 2. The highest BCUT2D eigenvalue weighted by atomic mass is 32.2. The molecule has 142 valence electrons. The van der Waals surface area contributed by atoms with Crippen molar-refractivity contribution >= 4 is 34.2 Å². The van der Waals surface area contributed by atoms with E-state index >= 15 is 0 Å². The molecule has 1 N–H and O–H groups in total. The molecule has 2 aromatic rings. The molecule has 1 aliphatic heterocycles. The van der Waals surface area contributed by atoms with Crippen molar-refractivity contribution in [1.29, 1.82) is 0 Å². The fraction of sp³-hybridized carbons (Fsp3) is 0.364. The average Bonchev–Trinajstić information content (AvgIpc) is 2.97. The molecule has 0 atom stereocenters. The van der Waals surface area contributed by atoms with Crippen molar-refractivity contribution in [3.05, 3.63) is 60.2 Å². The van der Waals surface area contributed by atoms with Gasteiger partial charge in [-0.25, -0.2) is 4.99 Å². The van der Waals surface area contributed by atoms with Gasteiger partial charge in [-0.3, -0.25) is 4.79 Å². The third kappa shape index (κ3) is 6.43. The Bertz CT molecular complexity index is 751. The van der Waals surface area contributed by atoms with E-state index in [4.69, 9.17) is 4.99 Å². The minimum absolute atomic E-state index is 0.000522.